The monoisotopic (exact) mass is 354 g/mol. The lowest BCUT2D eigenvalue weighted by molar-refractivity contribution is 0.393. The first-order chi connectivity index (χ1) is 13.0. The maximum absolute atomic E-state index is 4.95. The van der Waals surface area contributed by atoms with Crippen molar-refractivity contribution in [1.29, 1.82) is 0 Å². The zero-order valence-corrected chi connectivity index (χ0v) is 15.8. The van der Waals surface area contributed by atoms with Crippen molar-refractivity contribution in [3.63, 3.8) is 0 Å². The van der Waals surface area contributed by atoms with E-state index in [0.29, 0.717) is 0 Å². The molecule has 0 saturated heterocycles. The third-order valence-electron chi connectivity index (χ3n) is 4.79. The number of aromatic nitrogens is 2. The molecule has 0 atom stereocenters. The highest BCUT2D eigenvalue weighted by Gasteiger charge is 2.20. The van der Waals surface area contributed by atoms with Crippen LogP contribution in [0.2, 0.25) is 0 Å². The summed E-state index contributed by atoms with van der Waals surface area (Å²) in [7, 11) is 0. The van der Waals surface area contributed by atoms with Gasteiger partial charge in [0.25, 0.3) is 0 Å². The van der Waals surface area contributed by atoms with Crippen molar-refractivity contribution in [3.8, 4) is 33.5 Å². The van der Waals surface area contributed by atoms with Crippen LogP contribution in [-0.4, -0.2) is 10.4 Å². The summed E-state index contributed by atoms with van der Waals surface area (Å²) < 4.78 is 4.95. The van der Waals surface area contributed by atoms with E-state index in [9.17, 15) is 0 Å². The molecule has 0 aliphatic heterocycles. The highest BCUT2D eigenvalue weighted by molar-refractivity contribution is 5.88. The van der Waals surface area contributed by atoms with Gasteiger partial charge in [0.15, 0.2) is 6.26 Å². The Labute approximate surface area is 159 Å². The molecule has 134 valence electrons. The van der Waals surface area contributed by atoms with Gasteiger partial charge in [-0.25, -0.2) is 0 Å². The summed E-state index contributed by atoms with van der Waals surface area (Å²) in [6, 6.07) is 25.5. The Morgan fingerprint density at radius 3 is 2.15 bits per heavy atom. The van der Waals surface area contributed by atoms with Crippen LogP contribution >= 0.6 is 0 Å². The molecule has 3 nitrogen and oxygen atoms in total. The largest absolute Gasteiger partial charge is 0.345 e. The average molecular weight is 354 g/mol. The second-order valence-corrected chi connectivity index (χ2v) is 7.71. The van der Waals surface area contributed by atoms with Crippen molar-refractivity contribution in [2.45, 2.75) is 26.2 Å². The minimum Gasteiger partial charge on any atom is -0.345 e. The van der Waals surface area contributed by atoms with E-state index < -0.39 is 0 Å². The standard InChI is InChI=1S/C24H22N2O/c1-24(2,3)22-12-8-7-11-20(22)21-15-18(23-16-27-26-25-23)13-14-19(21)17-9-5-4-6-10-17/h4-16H,1-3H3. The highest BCUT2D eigenvalue weighted by atomic mass is 16.5. The molecular weight excluding hydrogens is 332 g/mol. The average Bonchev–Trinajstić information content (AvgIpc) is 3.22. The summed E-state index contributed by atoms with van der Waals surface area (Å²) >= 11 is 0. The fourth-order valence-corrected chi connectivity index (χ4v) is 3.46. The van der Waals surface area contributed by atoms with E-state index in [1.165, 1.54) is 27.8 Å². The lowest BCUT2D eigenvalue weighted by atomic mass is 9.80. The maximum Gasteiger partial charge on any atom is 0.152 e. The summed E-state index contributed by atoms with van der Waals surface area (Å²) in [5.41, 5.74) is 7.91. The fourth-order valence-electron chi connectivity index (χ4n) is 3.46. The molecule has 1 heterocycles. The van der Waals surface area contributed by atoms with Gasteiger partial charge in [-0.3, -0.25) is 0 Å². The molecule has 3 aromatic carbocycles. The van der Waals surface area contributed by atoms with Crippen molar-refractivity contribution < 1.29 is 4.52 Å². The van der Waals surface area contributed by atoms with Crippen LogP contribution in [-0.2, 0) is 5.41 Å². The molecule has 0 bridgehead atoms. The molecule has 1 aromatic heterocycles. The molecule has 4 aromatic rings. The smallest absolute Gasteiger partial charge is 0.152 e. The van der Waals surface area contributed by atoms with Gasteiger partial charge in [0, 0.05) is 10.8 Å². The van der Waals surface area contributed by atoms with E-state index in [1.807, 2.05) is 6.07 Å². The first-order valence-corrected chi connectivity index (χ1v) is 9.11. The predicted octanol–water partition coefficient (Wildman–Crippen LogP) is 6.37. The Bertz CT molecular complexity index is 1050. The normalized spacial score (nSPS) is 11.5. The molecule has 0 unspecified atom stereocenters. The van der Waals surface area contributed by atoms with Crippen LogP contribution < -0.4 is 0 Å². The van der Waals surface area contributed by atoms with Crippen molar-refractivity contribution >= 4 is 0 Å². The second-order valence-electron chi connectivity index (χ2n) is 7.71. The molecule has 0 fully saturated rings. The zero-order valence-electron chi connectivity index (χ0n) is 15.8. The summed E-state index contributed by atoms with van der Waals surface area (Å²) in [6.45, 7) is 6.75. The van der Waals surface area contributed by atoms with Gasteiger partial charge in [-0.2, -0.15) is 0 Å². The minimum atomic E-state index is 0.0377. The van der Waals surface area contributed by atoms with E-state index in [2.05, 4.69) is 97.9 Å². The molecule has 0 amide bonds. The zero-order chi connectivity index (χ0) is 18.9. The van der Waals surface area contributed by atoms with Gasteiger partial charge in [-0.15, -0.1) is 5.10 Å². The Kier molecular flexibility index (Phi) is 4.36. The van der Waals surface area contributed by atoms with Crippen LogP contribution in [0.5, 0.6) is 0 Å². The Balaban J connectivity index is 1.99. The number of nitrogens with zero attached hydrogens (tertiary/aromatic N) is 2. The van der Waals surface area contributed by atoms with Gasteiger partial charge >= 0.3 is 0 Å². The molecule has 0 aliphatic rings. The first-order valence-electron chi connectivity index (χ1n) is 9.11. The number of benzene rings is 3. The summed E-state index contributed by atoms with van der Waals surface area (Å²) in [6.07, 6.45) is 1.58. The van der Waals surface area contributed by atoms with Crippen molar-refractivity contribution in [1.82, 2.24) is 10.4 Å². The van der Waals surface area contributed by atoms with Crippen LogP contribution in [0.4, 0.5) is 0 Å². The lowest BCUT2D eigenvalue weighted by Gasteiger charge is -2.24. The van der Waals surface area contributed by atoms with Crippen molar-refractivity contribution in [2.75, 3.05) is 0 Å². The van der Waals surface area contributed by atoms with Crippen LogP contribution in [0.3, 0.4) is 0 Å². The highest BCUT2D eigenvalue weighted by Crippen LogP contribution is 2.40. The second kappa shape index (κ2) is 6.84. The molecule has 3 heteroatoms. The lowest BCUT2D eigenvalue weighted by Crippen LogP contribution is -2.12. The number of rotatable bonds is 3. The molecule has 0 aliphatic carbocycles. The molecule has 4 rings (SSSR count). The summed E-state index contributed by atoms with van der Waals surface area (Å²) in [5.74, 6) is 0. The Morgan fingerprint density at radius 1 is 0.704 bits per heavy atom. The topological polar surface area (TPSA) is 38.9 Å². The van der Waals surface area contributed by atoms with Crippen molar-refractivity contribution in [3.05, 3.63) is 84.6 Å². The predicted molar refractivity (Wildman–Crippen MR) is 109 cm³/mol. The number of hydrogen-bond acceptors (Lipinski definition) is 3. The molecule has 0 saturated carbocycles. The van der Waals surface area contributed by atoms with E-state index in [1.54, 1.807) is 6.26 Å². The van der Waals surface area contributed by atoms with E-state index in [-0.39, 0.29) is 5.41 Å². The number of hydrogen-bond donors (Lipinski definition) is 0. The SMILES string of the molecule is CC(C)(C)c1ccccc1-c1cc(-c2conn2)ccc1-c1ccccc1. The quantitative estimate of drug-likeness (QED) is 0.429. The van der Waals surface area contributed by atoms with Gasteiger partial charge < -0.3 is 4.52 Å². The molecule has 0 N–H and O–H groups in total. The van der Waals surface area contributed by atoms with E-state index in [0.717, 1.165) is 11.3 Å². The summed E-state index contributed by atoms with van der Waals surface area (Å²) in [4.78, 5) is 0. The van der Waals surface area contributed by atoms with E-state index in [4.69, 9.17) is 4.52 Å². The van der Waals surface area contributed by atoms with Gasteiger partial charge in [0.1, 0.15) is 5.69 Å². The van der Waals surface area contributed by atoms with Gasteiger partial charge in [0.2, 0.25) is 0 Å². The third-order valence-corrected chi connectivity index (χ3v) is 4.79. The fraction of sp³-hybridized carbons (Fsp3) is 0.167. The van der Waals surface area contributed by atoms with Crippen LogP contribution in [0, 0.1) is 0 Å². The molecule has 0 spiro atoms. The first kappa shape index (κ1) is 17.2. The summed E-state index contributed by atoms with van der Waals surface area (Å²) in [5, 5.41) is 7.69. The van der Waals surface area contributed by atoms with Gasteiger partial charge in [-0.05, 0) is 39.3 Å². The molecule has 0 radical (unpaired) electrons. The molecule has 27 heavy (non-hydrogen) atoms. The Morgan fingerprint density at radius 2 is 1.44 bits per heavy atom. The van der Waals surface area contributed by atoms with Crippen LogP contribution in [0.15, 0.2) is 83.6 Å². The van der Waals surface area contributed by atoms with E-state index >= 15 is 0 Å². The minimum absolute atomic E-state index is 0.0377. The third kappa shape index (κ3) is 3.41. The van der Waals surface area contributed by atoms with Crippen LogP contribution in [0.25, 0.3) is 33.5 Å². The van der Waals surface area contributed by atoms with Crippen LogP contribution in [0.1, 0.15) is 26.3 Å². The Hall–Kier alpha value is -3.20. The molecular formula is C24H22N2O. The van der Waals surface area contributed by atoms with Crippen molar-refractivity contribution in [2.24, 2.45) is 0 Å². The maximum atomic E-state index is 4.95. The van der Waals surface area contributed by atoms with Gasteiger partial charge in [-0.1, -0.05) is 87.5 Å². The van der Waals surface area contributed by atoms with Gasteiger partial charge in [0.05, 0.1) is 0 Å².